The maximum absolute atomic E-state index is 12.2. The molecule has 0 spiro atoms. The molecule has 0 aliphatic heterocycles. The highest BCUT2D eigenvalue weighted by molar-refractivity contribution is 5.83. The lowest BCUT2D eigenvalue weighted by Gasteiger charge is -2.30. The van der Waals surface area contributed by atoms with Crippen LogP contribution in [0, 0.1) is 5.92 Å². The van der Waals surface area contributed by atoms with Crippen molar-refractivity contribution in [1.29, 1.82) is 0 Å². The number of methoxy groups -OCH3 is 1. The minimum atomic E-state index is -0.679. The Kier molecular flexibility index (Phi) is 6.44. The molecule has 23 heavy (non-hydrogen) atoms. The van der Waals surface area contributed by atoms with Crippen LogP contribution in [0.15, 0.2) is 30.3 Å². The SMILES string of the molecule is COC(=O)[C@H](Cc1ccccc1)NC(=O)N[C@H]1CCCC[C@@H]1C. The van der Waals surface area contributed by atoms with Crippen LogP contribution in [-0.2, 0) is 16.0 Å². The molecule has 5 heteroatoms. The molecule has 126 valence electrons. The minimum absolute atomic E-state index is 0.179. The van der Waals surface area contributed by atoms with Gasteiger partial charge in [0.15, 0.2) is 0 Å². The third-order valence-electron chi connectivity index (χ3n) is 4.50. The summed E-state index contributed by atoms with van der Waals surface area (Å²) >= 11 is 0. The van der Waals surface area contributed by atoms with Crippen LogP contribution in [0.1, 0.15) is 38.2 Å². The van der Waals surface area contributed by atoms with Gasteiger partial charge >= 0.3 is 12.0 Å². The molecule has 1 fully saturated rings. The summed E-state index contributed by atoms with van der Waals surface area (Å²) in [5.41, 5.74) is 0.981. The number of hydrogen-bond acceptors (Lipinski definition) is 3. The van der Waals surface area contributed by atoms with Gasteiger partial charge in [-0.3, -0.25) is 0 Å². The van der Waals surface area contributed by atoms with Gasteiger partial charge in [-0.2, -0.15) is 0 Å². The predicted molar refractivity (Wildman–Crippen MR) is 89.0 cm³/mol. The number of hydrogen-bond donors (Lipinski definition) is 2. The number of carbonyl (C=O) groups is 2. The summed E-state index contributed by atoms with van der Waals surface area (Å²) in [4.78, 5) is 24.2. The van der Waals surface area contributed by atoms with Gasteiger partial charge in [-0.15, -0.1) is 0 Å². The van der Waals surface area contributed by atoms with Gasteiger partial charge in [0.05, 0.1) is 7.11 Å². The first-order chi connectivity index (χ1) is 11.1. The van der Waals surface area contributed by atoms with Crippen LogP contribution in [0.2, 0.25) is 0 Å². The lowest BCUT2D eigenvalue weighted by molar-refractivity contribution is -0.142. The lowest BCUT2D eigenvalue weighted by atomic mass is 9.86. The van der Waals surface area contributed by atoms with Gasteiger partial charge in [0.1, 0.15) is 6.04 Å². The fraction of sp³-hybridized carbons (Fsp3) is 0.556. The summed E-state index contributed by atoms with van der Waals surface area (Å²) in [5.74, 6) is 0.0425. The molecular weight excluding hydrogens is 292 g/mol. The number of benzene rings is 1. The Hall–Kier alpha value is -2.04. The van der Waals surface area contributed by atoms with E-state index in [1.807, 2.05) is 30.3 Å². The third-order valence-corrected chi connectivity index (χ3v) is 4.50. The Morgan fingerprint density at radius 2 is 1.91 bits per heavy atom. The van der Waals surface area contributed by atoms with Gasteiger partial charge in [-0.25, -0.2) is 9.59 Å². The Morgan fingerprint density at radius 3 is 2.57 bits per heavy atom. The zero-order chi connectivity index (χ0) is 16.7. The van der Waals surface area contributed by atoms with Crippen LogP contribution in [0.3, 0.4) is 0 Å². The van der Waals surface area contributed by atoms with Crippen molar-refractivity contribution in [2.75, 3.05) is 7.11 Å². The van der Waals surface area contributed by atoms with Crippen LogP contribution in [0.4, 0.5) is 4.79 Å². The summed E-state index contributed by atoms with van der Waals surface area (Å²) in [6, 6.07) is 8.80. The number of carbonyl (C=O) groups excluding carboxylic acids is 2. The summed E-state index contributed by atoms with van der Waals surface area (Å²) in [5, 5.41) is 5.77. The first-order valence-corrected chi connectivity index (χ1v) is 8.29. The van der Waals surface area contributed by atoms with Crippen LogP contribution in [0.5, 0.6) is 0 Å². The predicted octanol–water partition coefficient (Wildman–Crippen LogP) is 2.65. The second-order valence-electron chi connectivity index (χ2n) is 6.25. The molecule has 2 amide bonds. The first-order valence-electron chi connectivity index (χ1n) is 8.29. The van der Waals surface area contributed by atoms with Crippen molar-refractivity contribution in [3.63, 3.8) is 0 Å². The highest BCUT2D eigenvalue weighted by Gasteiger charge is 2.26. The molecule has 1 aliphatic carbocycles. The van der Waals surface area contributed by atoms with Crippen molar-refractivity contribution in [3.05, 3.63) is 35.9 Å². The molecular formula is C18H26N2O3. The van der Waals surface area contributed by atoms with Crippen molar-refractivity contribution in [2.24, 2.45) is 5.92 Å². The molecule has 5 nitrogen and oxygen atoms in total. The molecule has 1 aliphatic rings. The van der Waals surface area contributed by atoms with Crippen molar-refractivity contribution in [1.82, 2.24) is 10.6 Å². The molecule has 1 aromatic rings. The number of esters is 1. The van der Waals surface area contributed by atoms with Crippen molar-refractivity contribution >= 4 is 12.0 Å². The average Bonchev–Trinajstić information content (AvgIpc) is 2.56. The molecule has 0 heterocycles. The fourth-order valence-electron chi connectivity index (χ4n) is 3.08. The van der Waals surface area contributed by atoms with E-state index in [2.05, 4.69) is 17.6 Å². The second kappa shape index (κ2) is 8.56. The van der Waals surface area contributed by atoms with Crippen molar-refractivity contribution in [3.8, 4) is 0 Å². The monoisotopic (exact) mass is 318 g/mol. The normalized spacial score (nSPS) is 22.0. The zero-order valence-corrected chi connectivity index (χ0v) is 13.9. The van der Waals surface area contributed by atoms with Gasteiger partial charge in [-0.05, 0) is 24.3 Å². The Morgan fingerprint density at radius 1 is 1.22 bits per heavy atom. The standard InChI is InChI=1S/C18H26N2O3/c1-13-8-6-7-11-15(13)19-18(22)20-16(17(21)23-2)12-14-9-4-3-5-10-14/h3-5,9-10,13,15-16H,6-8,11-12H2,1-2H3,(H2,19,20,22)/t13-,15-,16-/m0/s1. The second-order valence-corrected chi connectivity index (χ2v) is 6.25. The summed E-state index contributed by atoms with van der Waals surface area (Å²) in [7, 11) is 1.34. The summed E-state index contributed by atoms with van der Waals surface area (Å²) in [6.07, 6.45) is 4.91. The zero-order valence-electron chi connectivity index (χ0n) is 13.9. The van der Waals surface area contributed by atoms with Crippen LogP contribution < -0.4 is 10.6 Å². The molecule has 2 N–H and O–H groups in total. The molecule has 0 bridgehead atoms. The van der Waals surface area contributed by atoms with E-state index < -0.39 is 12.0 Å². The summed E-state index contributed by atoms with van der Waals surface area (Å²) in [6.45, 7) is 2.16. The molecule has 3 atom stereocenters. The van der Waals surface area contributed by atoms with E-state index in [0.717, 1.165) is 24.8 Å². The van der Waals surface area contributed by atoms with Crippen molar-refractivity contribution in [2.45, 2.75) is 51.1 Å². The molecule has 0 saturated heterocycles. The number of ether oxygens (including phenoxy) is 1. The van der Waals surface area contributed by atoms with E-state index in [0.29, 0.717) is 12.3 Å². The van der Waals surface area contributed by atoms with Gasteiger partial charge in [0, 0.05) is 12.5 Å². The van der Waals surface area contributed by atoms with E-state index in [4.69, 9.17) is 4.74 Å². The fourth-order valence-corrected chi connectivity index (χ4v) is 3.08. The molecule has 2 rings (SSSR count). The maximum Gasteiger partial charge on any atom is 0.328 e. The van der Waals surface area contributed by atoms with Crippen LogP contribution in [0.25, 0.3) is 0 Å². The van der Waals surface area contributed by atoms with Gasteiger partial charge < -0.3 is 15.4 Å². The average molecular weight is 318 g/mol. The first kappa shape index (κ1) is 17.3. The molecule has 0 radical (unpaired) electrons. The largest absolute Gasteiger partial charge is 0.467 e. The number of amides is 2. The van der Waals surface area contributed by atoms with Gasteiger partial charge in [-0.1, -0.05) is 50.1 Å². The maximum atomic E-state index is 12.2. The van der Waals surface area contributed by atoms with E-state index in [-0.39, 0.29) is 12.1 Å². The van der Waals surface area contributed by atoms with E-state index >= 15 is 0 Å². The Bertz CT molecular complexity index is 518. The molecule has 1 saturated carbocycles. The topological polar surface area (TPSA) is 67.4 Å². The van der Waals surface area contributed by atoms with E-state index in [1.165, 1.54) is 13.5 Å². The molecule has 0 aromatic heterocycles. The van der Waals surface area contributed by atoms with Gasteiger partial charge in [0.25, 0.3) is 0 Å². The smallest absolute Gasteiger partial charge is 0.328 e. The number of rotatable bonds is 5. The molecule has 1 aromatic carbocycles. The van der Waals surface area contributed by atoms with E-state index in [1.54, 1.807) is 0 Å². The quantitative estimate of drug-likeness (QED) is 0.820. The van der Waals surface area contributed by atoms with Crippen molar-refractivity contribution < 1.29 is 14.3 Å². The third kappa shape index (κ3) is 5.27. The van der Waals surface area contributed by atoms with Crippen LogP contribution >= 0.6 is 0 Å². The lowest BCUT2D eigenvalue weighted by Crippen LogP contribution is -2.52. The summed E-state index contributed by atoms with van der Waals surface area (Å²) < 4.78 is 4.82. The minimum Gasteiger partial charge on any atom is -0.467 e. The van der Waals surface area contributed by atoms with Gasteiger partial charge in [0.2, 0.25) is 0 Å². The van der Waals surface area contributed by atoms with Crippen LogP contribution in [-0.4, -0.2) is 31.2 Å². The molecule has 0 unspecified atom stereocenters. The highest BCUT2D eigenvalue weighted by atomic mass is 16.5. The Balaban J connectivity index is 1.94. The van der Waals surface area contributed by atoms with E-state index in [9.17, 15) is 9.59 Å². The number of nitrogens with one attached hydrogen (secondary N) is 2. The number of urea groups is 1. The Labute approximate surface area is 137 Å². The highest BCUT2D eigenvalue weighted by Crippen LogP contribution is 2.23.